The maximum absolute atomic E-state index is 9.83. The molecule has 1 aliphatic rings. The maximum atomic E-state index is 9.83. The molecule has 1 aliphatic heterocycles. The fourth-order valence-corrected chi connectivity index (χ4v) is 2.90. The molecule has 0 radical (unpaired) electrons. The summed E-state index contributed by atoms with van der Waals surface area (Å²) >= 11 is 0. The second-order valence-electron chi connectivity index (χ2n) is 5.33. The Labute approximate surface area is 133 Å². The summed E-state index contributed by atoms with van der Waals surface area (Å²) in [7, 11) is 2.96. The van der Waals surface area contributed by atoms with Crippen LogP contribution in [-0.4, -0.2) is 36.1 Å². The number of benzene rings is 2. The van der Waals surface area contributed by atoms with Gasteiger partial charge >= 0.3 is 0 Å². The standard InChI is InChI=1S/C17H18O6/c1-21-14-5-9(3-4-13(14)20)16-12(8-18)11-6-10(19)7-15(22-2)17(11)23-16/h3-7,12,16,18-20H,8H2,1-2H3/t12-,16+/m1/s1. The van der Waals surface area contributed by atoms with Gasteiger partial charge in [-0.1, -0.05) is 6.07 Å². The van der Waals surface area contributed by atoms with Gasteiger partial charge in [0.15, 0.2) is 23.0 Å². The number of hydrogen-bond donors (Lipinski definition) is 3. The number of ether oxygens (including phenoxy) is 3. The van der Waals surface area contributed by atoms with E-state index in [1.165, 1.54) is 26.4 Å². The van der Waals surface area contributed by atoms with E-state index < -0.39 is 6.10 Å². The van der Waals surface area contributed by atoms with Gasteiger partial charge < -0.3 is 29.5 Å². The van der Waals surface area contributed by atoms with E-state index in [2.05, 4.69) is 0 Å². The molecule has 0 aromatic heterocycles. The predicted molar refractivity (Wildman–Crippen MR) is 82.5 cm³/mol. The van der Waals surface area contributed by atoms with Crippen molar-refractivity contribution in [2.45, 2.75) is 12.0 Å². The lowest BCUT2D eigenvalue weighted by molar-refractivity contribution is 0.157. The number of rotatable bonds is 4. The quantitative estimate of drug-likeness (QED) is 0.802. The number of aromatic hydroxyl groups is 2. The van der Waals surface area contributed by atoms with Gasteiger partial charge in [0.1, 0.15) is 11.9 Å². The Bertz CT molecular complexity index is 727. The zero-order chi connectivity index (χ0) is 16.6. The largest absolute Gasteiger partial charge is 0.508 e. The van der Waals surface area contributed by atoms with E-state index in [1.807, 2.05) is 0 Å². The highest BCUT2D eigenvalue weighted by Crippen LogP contribution is 2.52. The topological polar surface area (TPSA) is 88.4 Å². The third-order valence-electron chi connectivity index (χ3n) is 4.03. The van der Waals surface area contributed by atoms with Gasteiger partial charge in [0.2, 0.25) is 0 Å². The molecule has 1 heterocycles. The van der Waals surface area contributed by atoms with E-state index in [1.54, 1.807) is 18.2 Å². The van der Waals surface area contributed by atoms with Crippen LogP contribution in [0.2, 0.25) is 0 Å². The van der Waals surface area contributed by atoms with Gasteiger partial charge in [-0.3, -0.25) is 0 Å². The zero-order valence-electron chi connectivity index (χ0n) is 12.8. The summed E-state index contributed by atoms with van der Waals surface area (Å²) in [6.45, 7) is -0.159. The van der Waals surface area contributed by atoms with Crippen LogP contribution in [0.4, 0.5) is 0 Å². The second-order valence-corrected chi connectivity index (χ2v) is 5.33. The third-order valence-corrected chi connectivity index (χ3v) is 4.03. The van der Waals surface area contributed by atoms with E-state index in [-0.39, 0.29) is 24.0 Å². The summed E-state index contributed by atoms with van der Waals surface area (Å²) in [6, 6.07) is 7.93. The molecule has 0 bridgehead atoms. The summed E-state index contributed by atoms with van der Waals surface area (Å²) in [5.74, 6) is 0.955. The summed E-state index contributed by atoms with van der Waals surface area (Å²) in [5, 5.41) is 29.3. The SMILES string of the molecule is COc1cc([C@@H]2Oc3c(OC)cc(O)cc3[C@H]2CO)ccc1O. The number of aliphatic hydroxyl groups is 1. The minimum Gasteiger partial charge on any atom is -0.508 e. The Kier molecular flexibility index (Phi) is 3.92. The summed E-state index contributed by atoms with van der Waals surface area (Å²) in [6.07, 6.45) is -0.472. The normalized spacial score (nSPS) is 19.1. The first-order chi connectivity index (χ1) is 11.1. The Hall–Kier alpha value is -2.60. The van der Waals surface area contributed by atoms with Crippen LogP contribution in [0.15, 0.2) is 30.3 Å². The van der Waals surface area contributed by atoms with Crippen LogP contribution in [0.1, 0.15) is 23.1 Å². The van der Waals surface area contributed by atoms with Gasteiger partial charge in [0.05, 0.1) is 26.7 Å². The van der Waals surface area contributed by atoms with Crippen molar-refractivity contribution >= 4 is 0 Å². The highest BCUT2D eigenvalue weighted by Gasteiger charge is 2.38. The van der Waals surface area contributed by atoms with Crippen molar-refractivity contribution in [3.05, 3.63) is 41.5 Å². The van der Waals surface area contributed by atoms with E-state index in [9.17, 15) is 15.3 Å². The first-order valence-electron chi connectivity index (χ1n) is 7.14. The smallest absolute Gasteiger partial charge is 0.166 e. The van der Waals surface area contributed by atoms with Gasteiger partial charge in [-0.15, -0.1) is 0 Å². The fourth-order valence-electron chi connectivity index (χ4n) is 2.90. The number of hydrogen-bond acceptors (Lipinski definition) is 6. The number of phenolic OH excluding ortho intramolecular Hbond substituents is 2. The van der Waals surface area contributed by atoms with Crippen molar-refractivity contribution in [3.8, 4) is 28.7 Å². The highest BCUT2D eigenvalue weighted by molar-refractivity contribution is 5.57. The summed E-state index contributed by atoms with van der Waals surface area (Å²) in [4.78, 5) is 0. The van der Waals surface area contributed by atoms with E-state index in [0.29, 0.717) is 22.8 Å². The zero-order valence-corrected chi connectivity index (χ0v) is 12.8. The van der Waals surface area contributed by atoms with Crippen molar-refractivity contribution in [2.75, 3.05) is 20.8 Å². The van der Waals surface area contributed by atoms with Crippen molar-refractivity contribution in [3.63, 3.8) is 0 Å². The van der Waals surface area contributed by atoms with Gasteiger partial charge in [-0.25, -0.2) is 0 Å². The van der Waals surface area contributed by atoms with Crippen LogP contribution in [0.3, 0.4) is 0 Å². The molecule has 0 spiro atoms. The Morgan fingerprint density at radius 3 is 2.43 bits per heavy atom. The van der Waals surface area contributed by atoms with Crippen LogP contribution < -0.4 is 14.2 Å². The monoisotopic (exact) mass is 318 g/mol. The van der Waals surface area contributed by atoms with Crippen molar-refractivity contribution in [1.29, 1.82) is 0 Å². The molecule has 2 atom stereocenters. The lowest BCUT2D eigenvalue weighted by Gasteiger charge is -2.18. The van der Waals surface area contributed by atoms with Crippen LogP contribution in [-0.2, 0) is 0 Å². The second kappa shape index (κ2) is 5.89. The van der Waals surface area contributed by atoms with Gasteiger partial charge in [-0.05, 0) is 23.8 Å². The first kappa shape index (κ1) is 15.3. The lowest BCUT2D eigenvalue weighted by atomic mass is 9.91. The molecular weight excluding hydrogens is 300 g/mol. The molecule has 3 N–H and O–H groups in total. The molecule has 0 fully saturated rings. The first-order valence-corrected chi connectivity index (χ1v) is 7.14. The molecule has 122 valence electrons. The van der Waals surface area contributed by atoms with E-state index in [4.69, 9.17) is 14.2 Å². The molecule has 0 saturated carbocycles. The number of phenols is 2. The fraction of sp³-hybridized carbons (Fsp3) is 0.294. The Morgan fingerprint density at radius 1 is 1.04 bits per heavy atom. The Balaban J connectivity index is 2.06. The van der Waals surface area contributed by atoms with Crippen LogP contribution in [0.25, 0.3) is 0 Å². The highest BCUT2D eigenvalue weighted by atomic mass is 16.5. The molecule has 2 aromatic rings. The molecule has 0 aliphatic carbocycles. The average Bonchev–Trinajstić information content (AvgIpc) is 2.92. The molecule has 6 nitrogen and oxygen atoms in total. The Morgan fingerprint density at radius 2 is 1.78 bits per heavy atom. The number of aliphatic hydroxyl groups excluding tert-OH is 1. The lowest BCUT2D eigenvalue weighted by Crippen LogP contribution is -2.13. The molecule has 3 rings (SSSR count). The van der Waals surface area contributed by atoms with Gasteiger partial charge in [0.25, 0.3) is 0 Å². The summed E-state index contributed by atoms with van der Waals surface area (Å²) in [5.41, 5.74) is 1.43. The molecule has 0 amide bonds. The molecule has 23 heavy (non-hydrogen) atoms. The van der Waals surface area contributed by atoms with Crippen molar-refractivity contribution in [2.24, 2.45) is 0 Å². The number of fused-ring (bicyclic) bond motifs is 1. The molecule has 2 aromatic carbocycles. The van der Waals surface area contributed by atoms with Crippen LogP contribution in [0.5, 0.6) is 28.7 Å². The van der Waals surface area contributed by atoms with Crippen LogP contribution >= 0.6 is 0 Å². The van der Waals surface area contributed by atoms with Crippen LogP contribution in [0, 0.1) is 0 Å². The minimum atomic E-state index is -0.472. The maximum Gasteiger partial charge on any atom is 0.166 e. The molecule has 0 saturated heterocycles. The van der Waals surface area contributed by atoms with E-state index in [0.717, 1.165) is 5.56 Å². The summed E-state index contributed by atoms with van der Waals surface area (Å²) < 4.78 is 16.3. The van der Waals surface area contributed by atoms with Crippen molar-refractivity contribution in [1.82, 2.24) is 0 Å². The molecule has 0 unspecified atom stereocenters. The molecule has 6 heteroatoms. The predicted octanol–water partition coefficient (Wildman–Crippen LogP) is 2.32. The molecular formula is C17H18O6. The number of methoxy groups -OCH3 is 2. The average molecular weight is 318 g/mol. The van der Waals surface area contributed by atoms with Crippen molar-refractivity contribution < 1.29 is 29.5 Å². The van der Waals surface area contributed by atoms with Gasteiger partial charge in [-0.2, -0.15) is 0 Å². The van der Waals surface area contributed by atoms with Gasteiger partial charge in [0, 0.05) is 11.6 Å². The van der Waals surface area contributed by atoms with E-state index >= 15 is 0 Å². The third kappa shape index (κ3) is 2.51. The minimum absolute atomic E-state index is 0.0301.